The number of carbonyl (C=O) groups is 2. The zero-order valence-corrected chi connectivity index (χ0v) is 13.5. The third kappa shape index (κ3) is 4.30. The van der Waals surface area contributed by atoms with E-state index in [0.29, 0.717) is 38.0 Å². The van der Waals surface area contributed by atoms with Crippen LogP contribution in [0.3, 0.4) is 0 Å². The van der Waals surface area contributed by atoms with Gasteiger partial charge in [-0.1, -0.05) is 0 Å². The van der Waals surface area contributed by atoms with Gasteiger partial charge in [0.05, 0.1) is 6.61 Å². The highest BCUT2D eigenvalue weighted by atomic mass is 16.3. The number of nitrogens with one attached hydrogen (secondary N) is 1. The van der Waals surface area contributed by atoms with E-state index in [4.69, 9.17) is 5.11 Å². The van der Waals surface area contributed by atoms with Crippen molar-refractivity contribution in [3.05, 3.63) is 29.3 Å². The highest BCUT2D eigenvalue weighted by Gasteiger charge is 2.23. The van der Waals surface area contributed by atoms with E-state index < -0.39 is 0 Å². The number of aliphatic hydroxyl groups is 1. The van der Waals surface area contributed by atoms with Gasteiger partial charge < -0.3 is 26.3 Å². The van der Waals surface area contributed by atoms with Crippen LogP contribution in [-0.2, 0) is 11.2 Å². The number of nitrogens with zero attached hydrogens (tertiary/aromatic N) is 2. The molecule has 0 spiro atoms. The van der Waals surface area contributed by atoms with Crippen molar-refractivity contribution in [2.45, 2.75) is 12.8 Å². The second kappa shape index (κ2) is 8.74. The van der Waals surface area contributed by atoms with Gasteiger partial charge in [-0.05, 0) is 30.2 Å². The topological polar surface area (TPSA) is 136 Å². The largest absolute Gasteiger partial charge is 0.412 e. The maximum Gasteiger partial charge on any atom is 0.253 e. The lowest BCUT2D eigenvalue weighted by Crippen LogP contribution is -2.49. The molecule has 1 aromatic rings. The number of amides is 2. The van der Waals surface area contributed by atoms with Gasteiger partial charge in [0.1, 0.15) is 0 Å². The summed E-state index contributed by atoms with van der Waals surface area (Å²) in [5.74, 6) is 0.0786. The summed E-state index contributed by atoms with van der Waals surface area (Å²) >= 11 is 0. The van der Waals surface area contributed by atoms with Crippen LogP contribution in [-0.4, -0.2) is 77.0 Å². The number of anilines is 1. The van der Waals surface area contributed by atoms with Gasteiger partial charge in [-0.2, -0.15) is 0 Å². The molecule has 0 aliphatic carbocycles. The van der Waals surface area contributed by atoms with Crippen molar-refractivity contribution in [2.75, 3.05) is 44.6 Å². The molecule has 24 heavy (non-hydrogen) atoms. The number of carbonyl (C=O) groups excluding carboxylic acids is 2. The summed E-state index contributed by atoms with van der Waals surface area (Å²) < 4.78 is 0. The standard InChI is InChI=1S/C16H21N3O3.2H2O/c20-10-9-18-5-7-19(8-6-18)16(22)13-1-3-14-12(11-13)2-4-15(21)17-14;;/h1,3,11,20H,2,4-10H2,(H,17,21);2*1H2. The number of rotatable bonds is 3. The second-order valence-corrected chi connectivity index (χ2v) is 5.78. The molecule has 1 saturated heterocycles. The van der Waals surface area contributed by atoms with Crippen molar-refractivity contribution in [2.24, 2.45) is 0 Å². The van der Waals surface area contributed by atoms with Crippen LogP contribution >= 0.6 is 0 Å². The lowest BCUT2D eigenvalue weighted by molar-refractivity contribution is -0.116. The zero-order chi connectivity index (χ0) is 15.5. The van der Waals surface area contributed by atoms with Crippen LogP contribution in [0.25, 0.3) is 0 Å². The summed E-state index contributed by atoms with van der Waals surface area (Å²) in [5.41, 5.74) is 2.54. The summed E-state index contributed by atoms with van der Waals surface area (Å²) in [5, 5.41) is 11.8. The van der Waals surface area contributed by atoms with Crippen molar-refractivity contribution in [3.8, 4) is 0 Å². The van der Waals surface area contributed by atoms with Crippen molar-refractivity contribution >= 4 is 17.5 Å². The van der Waals surface area contributed by atoms with Crippen LogP contribution < -0.4 is 5.32 Å². The molecule has 0 bridgehead atoms. The van der Waals surface area contributed by atoms with E-state index in [0.717, 1.165) is 24.3 Å². The Morgan fingerprint density at radius 2 is 1.83 bits per heavy atom. The zero-order valence-electron chi connectivity index (χ0n) is 13.5. The van der Waals surface area contributed by atoms with Crippen molar-refractivity contribution in [3.63, 3.8) is 0 Å². The van der Waals surface area contributed by atoms with Crippen LogP contribution in [0.4, 0.5) is 5.69 Å². The van der Waals surface area contributed by atoms with Crippen LogP contribution in [0.1, 0.15) is 22.3 Å². The fourth-order valence-electron chi connectivity index (χ4n) is 3.01. The monoisotopic (exact) mass is 339 g/mol. The smallest absolute Gasteiger partial charge is 0.253 e. The first-order valence-electron chi connectivity index (χ1n) is 7.72. The van der Waals surface area contributed by atoms with Gasteiger partial charge in [0.25, 0.3) is 5.91 Å². The van der Waals surface area contributed by atoms with Crippen LogP contribution in [0.15, 0.2) is 18.2 Å². The summed E-state index contributed by atoms with van der Waals surface area (Å²) in [6, 6.07) is 5.51. The molecule has 2 heterocycles. The summed E-state index contributed by atoms with van der Waals surface area (Å²) in [6.07, 6.45) is 1.16. The average molecular weight is 339 g/mol. The third-order valence-electron chi connectivity index (χ3n) is 4.32. The van der Waals surface area contributed by atoms with E-state index in [2.05, 4.69) is 10.2 Å². The molecule has 1 aromatic carbocycles. The number of fused-ring (bicyclic) bond motifs is 1. The Balaban J connectivity index is 0.00000144. The quantitative estimate of drug-likeness (QED) is 0.705. The lowest BCUT2D eigenvalue weighted by Gasteiger charge is -2.34. The maximum atomic E-state index is 12.6. The van der Waals surface area contributed by atoms with Crippen LogP contribution in [0, 0.1) is 0 Å². The van der Waals surface area contributed by atoms with Gasteiger partial charge in [-0.15, -0.1) is 0 Å². The molecule has 8 nitrogen and oxygen atoms in total. The van der Waals surface area contributed by atoms with Gasteiger partial charge >= 0.3 is 0 Å². The molecule has 6 N–H and O–H groups in total. The molecule has 0 aromatic heterocycles. The van der Waals surface area contributed by atoms with Crippen LogP contribution in [0.2, 0.25) is 0 Å². The molecular formula is C16H25N3O5. The minimum atomic E-state index is 0. The van der Waals surface area contributed by atoms with E-state index >= 15 is 0 Å². The van der Waals surface area contributed by atoms with Gasteiger partial charge in [0, 0.05) is 50.4 Å². The number of piperazine rings is 1. The minimum Gasteiger partial charge on any atom is -0.412 e. The van der Waals surface area contributed by atoms with E-state index in [1.807, 2.05) is 17.0 Å². The number of β-amino-alcohol motifs (C(OH)–C–C–N with tert-alkyl or cyclic N) is 1. The Kier molecular flexibility index (Phi) is 7.30. The highest BCUT2D eigenvalue weighted by molar-refractivity contribution is 5.98. The van der Waals surface area contributed by atoms with E-state index in [9.17, 15) is 9.59 Å². The molecule has 0 saturated carbocycles. The Bertz CT molecular complexity index is 585. The Hall–Kier alpha value is -2.00. The van der Waals surface area contributed by atoms with Gasteiger partial charge in [0.2, 0.25) is 5.91 Å². The van der Waals surface area contributed by atoms with E-state index in [1.54, 1.807) is 6.07 Å². The van der Waals surface area contributed by atoms with Crippen molar-refractivity contribution < 1.29 is 25.6 Å². The van der Waals surface area contributed by atoms with E-state index in [1.165, 1.54) is 0 Å². The average Bonchev–Trinajstić information content (AvgIpc) is 2.55. The number of hydrogen-bond donors (Lipinski definition) is 2. The number of benzene rings is 1. The predicted octanol–water partition coefficient (Wildman–Crippen LogP) is -1.33. The predicted molar refractivity (Wildman–Crippen MR) is 90.0 cm³/mol. The third-order valence-corrected chi connectivity index (χ3v) is 4.32. The Morgan fingerprint density at radius 3 is 2.50 bits per heavy atom. The first-order valence-corrected chi connectivity index (χ1v) is 7.72. The molecule has 134 valence electrons. The fraction of sp³-hybridized carbons (Fsp3) is 0.500. The molecule has 8 heteroatoms. The van der Waals surface area contributed by atoms with E-state index in [-0.39, 0.29) is 29.4 Å². The highest BCUT2D eigenvalue weighted by Crippen LogP contribution is 2.24. The summed E-state index contributed by atoms with van der Waals surface area (Å²) in [4.78, 5) is 28.0. The van der Waals surface area contributed by atoms with Crippen molar-refractivity contribution in [1.82, 2.24) is 9.80 Å². The molecule has 2 aliphatic heterocycles. The fourth-order valence-corrected chi connectivity index (χ4v) is 3.01. The molecule has 2 amide bonds. The summed E-state index contributed by atoms with van der Waals surface area (Å²) in [7, 11) is 0. The molecule has 0 atom stereocenters. The lowest BCUT2D eigenvalue weighted by atomic mass is 10.00. The normalized spacial score (nSPS) is 17.2. The molecule has 0 unspecified atom stereocenters. The first-order chi connectivity index (χ1) is 10.7. The Labute approximate surface area is 140 Å². The van der Waals surface area contributed by atoms with Gasteiger partial charge in [0.15, 0.2) is 0 Å². The Morgan fingerprint density at radius 1 is 1.12 bits per heavy atom. The molecule has 3 rings (SSSR count). The van der Waals surface area contributed by atoms with Crippen molar-refractivity contribution in [1.29, 1.82) is 0 Å². The maximum absolute atomic E-state index is 12.6. The molecular weight excluding hydrogens is 314 g/mol. The number of aliphatic hydroxyl groups excluding tert-OH is 1. The SMILES string of the molecule is O.O.O=C1CCc2cc(C(=O)N3CCN(CCO)CC3)ccc2N1. The number of aryl methyl sites for hydroxylation is 1. The van der Waals surface area contributed by atoms with Crippen LogP contribution in [0.5, 0.6) is 0 Å². The second-order valence-electron chi connectivity index (χ2n) is 5.78. The molecule has 0 radical (unpaired) electrons. The van der Waals surface area contributed by atoms with Gasteiger partial charge in [-0.3, -0.25) is 14.5 Å². The molecule has 2 aliphatic rings. The summed E-state index contributed by atoms with van der Waals surface area (Å²) in [6.45, 7) is 3.80. The minimum absolute atomic E-state index is 0. The number of hydrogen-bond acceptors (Lipinski definition) is 4. The first kappa shape index (κ1) is 20.0. The molecule has 1 fully saturated rings. The van der Waals surface area contributed by atoms with Gasteiger partial charge in [-0.25, -0.2) is 0 Å².